The summed E-state index contributed by atoms with van der Waals surface area (Å²) in [5.41, 5.74) is 8.50. The molecule has 3 aliphatic heterocycles. The number of ketones is 2. The maximum absolute atomic E-state index is 15.0. The minimum Gasteiger partial charge on any atom is -0.480 e. The van der Waals surface area contributed by atoms with Gasteiger partial charge in [-0.15, -0.1) is 0 Å². The van der Waals surface area contributed by atoms with Gasteiger partial charge in [-0.2, -0.15) is 0 Å². The van der Waals surface area contributed by atoms with Crippen molar-refractivity contribution in [1.82, 2.24) is 41.5 Å². The van der Waals surface area contributed by atoms with Gasteiger partial charge < -0.3 is 34.4 Å². The molecule has 21 nitrogen and oxygen atoms in total. The lowest BCUT2D eigenvalue weighted by molar-refractivity contribution is -0.158. The third kappa shape index (κ3) is 21.8. The average Bonchev–Trinajstić information content (AvgIpc) is 0.743. The van der Waals surface area contributed by atoms with Gasteiger partial charge >= 0.3 is 11.9 Å². The SMILES string of the molecule is C.CC(C)[C@@H]1CC(=O)C(C)(C)/C=C/c2ccc3ccc(nc3c2)[C@@H](C)OC(=O)[C@@H]2CCCN(N2)C(=O)[C@H]([C@@H](C)O[Si](c2ccccc2)(c2ccccc2)C(C)(C)C)NC1=O.CC(C)[C@H](CC(=O)C(C)(C)/C=C/c1ccc2ccc([C@@H](C)O)nc2c1)C(=O)N[C@H](C(=O)N1CCC[C@@H](C(=O)O)N1)[C@@H](C)O[Si](c1ccccc1)(c1ccccc1)C(C)(C)C. The number of carboxylic acids is 1. The molecular weight excluding hydrogens is 1540 g/mol. The molecule has 2 saturated heterocycles. The molecule has 0 aliphatic carbocycles. The molecular formula is C97H126N8O13Si2. The number of aliphatic carboxylic acids is 1. The Morgan fingerprint density at radius 2 is 1.19 bits per heavy atom. The van der Waals surface area contributed by atoms with Crippen molar-refractivity contribution in [2.75, 3.05) is 13.1 Å². The standard InChI is InChI=1S/C48H62N4O7Si.C48H60N4O6Si.CH4/c1-31(2)38(30-42(54)48(8,9)27-26-34-22-23-35-24-25-39(32(3)53)49-41(35)29-34)44(55)50-43(45(56)52-28-16-21-40(51-52)46(57)58)33(4)59-60(47(5,6)7,36-17-12-10-13-18-36)37-19-14-11-15-20-37;1-31(2)38-30-42(53)48(8,9)27-26-34-22-23-35-24-25-39(49-41(35)29-34)32(3)57-46(56)40-21-16-28-52(51-40)45(55)43(50-44(38)54)33(4)58-59(47(5,6)7,36-17-12-10-13-18-36)37-19-14-11-15-20-37;/h10-15,17-20,22-27,29,31-33,38,40,43,51,53H,16,21,28,30H2,1-9H3,(H,50,55)(H,57,58);10-15,17-20,22-27,29,31-33,38,40,43,51H,16,21,28,30H2,1-9H3,(H,50,54);1H4/b2*27-26+;/t2*32-,33-,38+,40+,43+;/m11./s1. The van der Waals surface area contributed by atoms with E-state index >= 15 is 4.79 Å². The van der Waals surface area contributed by atoms with Crippen molar-refractivity contribution < 1.29 is 62.2 Å². The lowest BCUT2D eigenvalue weighted by Crippen LogP contribution is -2.70. The highest BCUT2D eigenvalue weighted by Crippen LogP contribution is 2.41. The van der Waals surface area contributed by atoms with Crippen LogP contribution in [-0.4, -0.2) is 143 Å². The van der Waals surface area contributed by atoms with Crippen LogP contribution in [0.5, 0.6) is 0 Å². The number of ether oxygens (including phenoxy) is 1. The molecule has 10 atom stereocenters. The first-order chi connectivity index (χ1) is 56.2. The summed E-state index contributed by atoms with van der Waals surface area (Å²) in [5, 5.41) is 33.8. The number of benzene rings is 6. The minimum atomic E-state index is -3.23. The monoisotopic (exact) mass is 1670 g/mol. The number of esters is 1. The number of nitrogens with zero attached hydrogens (tertiary/aromatic N) is 4. The van der Waals surface area contributed by atoms with E-state index in [1.54, 1.807) is 26.8 Å². The molecule has 0 saturated carbocycles. The molecule has 23 heteroatoms. The van der Waals surface area contributed by atoms with E-state index in [4.69, 9.17) is 18.6 Å². The van der Waals surface area contributed by atoms with Crippen molar-refractivity contribution in [3.05, 3.63) is 217 Å². The van der Waals surface area contributed by atoms with E-state index in [0.717, 1.165) is 53.7 Å². The minimum absolute atomic E-state index is 0. The quantitative estimate of drug-likeness (QED) is 0.0272. The number of aliphatic hydroxyl groups is 1. The molecule has 0 unspecified atom stereocenters. The number of rotatable bonds is 22. The number of pyridine rings is 2. The molecule has 0 spiro atoms. The number of cyclic esters (lactones) is 1. The largest absolute Gasteiger partial charge is 0.480 e. The topological polar surface area (TPSA) is 285 Å². The fraction of sp³-hybridized carbons (Fsp3) is 0.443. The van der Waals surface area contributed by atoms with Gasteiger partial charge in [-0.1, -0.05) is 259 Å². The van der Waals surface area contributed by atoms with E-state index in [2.05, 4.69) is 117 Å². The van der Waals surface area contributed by atoms with E-state index in [0.29, 0.717) is 43.6 Å². The van der Waals surface area contributed by atoms with E-state index in [1.807, 2.05) is 214 Å². The second kappa shape index (κ2) is 39.7. The summed E-state index contributed by atoms with van der Waals surface area (Å²) in [4.78, 5) is 122. The van der Waals surface area contributed by atoms with E-state index < -0.39 is 134 Å². The number of hydrogen-bond acceptors (Lipinski definition) is 16. The predicted molar refractivity (Wildman–Crippen MR) is 480 cm³/mol. The Kier molecular flexibility index (Phi) is 31.0. The van der Waals surface area contributed by atoms with Crippen LogP contribution >= 0.6 is 0 Å². The number of aliphatic hydroxyl groups excluding tert-OH is 1. The van der Waals surface area contributed by atoms with Crippen LogP contribution in [0.2, 0.25) is 10.1 Å². The average molecular weight is 1670 g/mol. The zero-order valence-corrected chi connectivity index (χ0v) is 74.4. The van der Waals surface area contributed by atoms with Gasteiger partial charge in [-0.25, -0.2) is 15.8 Å². The van der Waals surface area contributed by atoms with E-state index in [1.165, 1.54) is 10.0 Å². The molecule has 6 N–H and O–H groups in total. The number of aromatic nitrogens is 2. The molecule has 0 radical (unpaired) electrons. The maximum Gasteiger partial charge on any atom is 0.325 e. The first kappa shape index (κ1) is 93.9. The zero-order chi connectivity index (χ0) is 86.7. The fourth-order valence-electron chi connectivity index (χ4n) is 16.2. The Labute approximate surface area is 711 Å². The fourth-order valence-corrected chi connectivity index (χ4v) is 25.6. The number of carboxylic acid groups (broad SMARTS) is 1. The van der Waals surface area contributed by atoms with Gasteiger partial charge in [-0.05, 0) is 159 Å². The summed E-state index contributed by atoms with van der Waals surface area (Å²) in [6.45, 7) is 35.5. The molecule has 5 heterocycles. The molecule has 2 aromatic heterocycles. The normalized spacial score (nSPS) is 20.2. The number of nitrogens with one attached hydrogen (secondary N) is 4. The van der Waals surface area contributed by atoms with Crippen LogP contribution < -0.4 is 42.2 Å². The van der Waals surface area contributed by atoms with Gasteiger partial charge in [0.05, 0.1) is 40.7 Å². The number of allylic oxidation sites excluding steroid dienone is 2. The Morgan fingerprint density at radius 1 is 0.667 bits per heavy atom. The van der Waals surface area contributed by atoms with E-state index in [9.17, 15) is 43.8 Å². The van der Waals surface area contributed by atoms with Crippen molar-refractivity contribution in [1.29, 1.82) is 0 Å². The lowest BCUT2D eigenvalue weighted by atomic mass is 9.79. The summed E-state index contributed by atoms with van der Waals surface area (Å²) in [6, 6.07) is 55.3. The van der Waals surface area contributed by atoms with Gasteiger partial charge in [0, 0.05) is 59.4 Å². The van der Waals surface area contributed by atoms with Crippen molar-refractivity contribution in [3.63, 3.8) is 0 Å². The summed E-state index contributed by atoms with van der Waals surface area (Å²) < 4.78 is 20.8. The molecule has 640 valence electrons. The number of carbonyl (C=O) groups is 8. The van der Waals surface area contributed by atoms with Crippen molar-refractivity contribution in [2.45, 2.75) is 229 Å². The van der Waals surface area contributed by atoms with Gasteiger partial charge in [0.15, 0.2) is 0 Å². The summed E-state index contributed by atoms with van der Waals surface area (Å²) in [5.74, 6) is -5.65. The molecule has 6 aromatic carbocycles. The first-order valence-electron chi connectivity index (χ1n) is 41.9. The molecule has 8 aromatic rings. The summed E-state index contributed by atoms with van der Waals surface area (Å²) >= 11 is 0. The number of hydrogen-bond donors (Lipinski definition) is 6. The summed E-state index contributed by atoms with van der Waals surface area (Å²) in [7, 11) is -6.44. The lowest BCUT2D eigenvalue weighted by Gasteiger charge is -2.46. The van der Waals surface area contributed by atoms with Crippen LogP contribution in [-0.2, 0) is 51.9 Å². The second-order valence-electron chi connectivity index (χ2n) is 36.1. The molecule has 4 amide bonds. The molecule has 5 bridgehead atoms. The molecule has 2 fully saturated rings. The van der Waals surface area contributed by atoms with Gasteiger partial charge in [0.1, 0.15) is 41.8 Å². The zero-order valence-electron chi connectivity index (χ0n) is 72.4. The van der Waals surface area contributed by atoms with Gasteiger partial charge in [0.25, 0.3) is 28.4 Å². The maximum atomic E-state index is 15.0. The Hall–Kier alpha value is -9.99. The van der Waals surface area contributed by atoms with Crippen LogP contribution in [0.25, 0.3) is 34.0 Å². The highest BCUT2D eigenvalue weighted by Gasteiger charge is 2.55. The predicted octanol–water partition coefficient (Wildman–Crippen LogP) is 14.3. The third-order valence-corrected chi connectivity index (χ3v) is 33.9. The molecule has 11 rings (SSSR count). The number of fused-ring (bicyclic) bond motifs is 5. The Bertz CT molecular complexity index is 4890. The summed E-state index contributed by atoms with van der Waals surface area (Å²) in [6.07, 6.45) is 6.08. The second-order valence-corrected chi connectivity index (χ2v) is 44.6. The Balaban J connectivity index is 0.000000271. The van der Waals surface area contributed by atoms with Crippen molar-refractivity contribution >= 4 is 118 Å². The van der Waals surface area contributed by atoms with Gasteiger partial charge in [0.2, 0.25) is 11.8 Å². The van der Waals surface area contributed by atoms with Crippen LogP contribution in [0.4, 0.5) is 0 Å². The van der Waals surface area contributed by atoms with Crippen LogP contribution in [0, 0.1) is 34.5 Å². The highest BCUT2D eigenvalue weighted by atomic mass is 28.4. The van der Waals surface area contributed by atoms with E-state index in [-0.39, 0.29) is 50.2 Å². The number of hydrazine groups is 2. The number of amides is 4. The van der Waals surface area contributed by atoms with Crippen molar-refractivity contribution in [3.8, 4) is 0 Å². The first-order valence-corrected chi connectivity index (χ1v) is 45.7. The molecule has 3 aliphatic rings. The van der Waals surface area contributed by atoms with Gasteiger partial charge in [-0.3, -0.25) is 53.4 Å². The van der Waals surface area contributed by atoms with Crippen molar-refractivity contribution in [2.24, 2.45) is 34.5 Å². The third-order valence-electron chi connectivity index (χ3n) is 23.6. The van der Waals surface area contributed by atoms with Crippen LogP contribution in [0.1, 0.15) is 205 Å². The van der Waals surface area contributed by atoms with Crippen LogP contribution in [0.15, 0.2) is 194 Å². The number of carbonyl (C=O) groups excluding carboxylic acids is 7. The molecule has 120 heavy (non-hydrogen) atoms. The van der Waals surface area contributed by atoms with Crippen LogP contribution in [0.3, 0.4) is 0 Å². The highest BCUT2D eigenvalue weighted by molar-refractivity contribution is 7.00. The Morgan fingerprint density at radius 3 is 1.73 bits per heavy atom. The smallest absolute Gasteiger partial charge is 0.325 e. The number of Topliss-reactive ketones (excluding diaryl/α,β-unsaturated/α-hetero) is 2.